The van der Waals surface area contributed by atoms with Crippen molar-refractivity contribution in [3.63, 3.8) is 0 Å². The van der Waals surface area contributed by atoms with Crippen molar-refractivity contribution in [2.24, 2.45) is 0 Å². The van der Waals surface area contributed by atoms with Gasteiger partial charge in [0, 0.05) is 17.5 Å². The van der Waals surface area contributed by atoms with Gasteiger partial charge in [-0.3, -0.25) is 9.59 Å². The minimum absolute atomic E-state index is 0.0326. The second kappa shape index (κ2) is 7.05. The molecule has 1 fully saturated rings. The number of benzene rings is 1. The van der Waals surface area contributed by atoms with Crippen LogP contribution >= 0.6 is 0 Å². The lowest BCUT2D eigenvalue weighted by atomic mass is 10.1. The molecule has 6 nitrogen and oxygen atoms in total. The summed E-state index contributed by atoms with van der Waals surface area (Å²) in [5.74, 6) is 0.103. The molecular formula is C18H22N2O4. The number of nitrogens with one attached hydrogen (secondary N) is 1. The van der Waals surface area contributed by atoms with Gasteiger partial charge in [0.05, 0.1) is 13.1 Å². The van der Waals surface area contributed by atoms with Crippen molar-refractivity contribution in [2.45, 2.75) is 38.8 Å². The Kier molecular flexibility index (Phi) is 4.85. The molecule has 3 rings (SSSR count). The molecule has 1 aromatic heterocycles. The van der Waals surface area contributed by atoms with Crippen molar-refractivity contribution in [1.82, 2.24) is 10.2 Å². The van der Waals surface area contributed by atoms with Crippen LogP contribution in [0.1, 0.15) is 30.6 Å². The molecule has 0 bridgehead atoms. The molecule has 6 heteroatoms. The van der Waals surface area contributed by atoms with Crippen LogP contribution in [0.15, 0.2) is 28.7 Å². The summed E-state index contributed by atoms with van der Waals surface area (Å²) in [5.41, 5.74) is 1.80. The molecule has 0 aliphatic carbocycles. The highest BCUT2D eigenvalue weighted by atomic mass is 16.3. The molecule has 1 aromatic carbocycles. The van der Waals surface area contributed by atoms with E-state index in [0.29, 0.717) is 18.7 Å². The predicted molar refractivity (Wildman–Crippen MR) is 89.2 cm³/mol. The average molecular weight is 330 g/mol. The van der Waals surface area contributed by atoms with E-state index in [1.807, 2.05) is 31.2 Å². The number of aryl methyl sites for hydroxylation is 1. The van der Waals surface area contributed by atoms with Gasteiger partial charge in [-0.25, -0.2) is 0 Å². The third-order valence-electron chi connectivity index (χ3n) is 4.48. The van der Waals surface area contributed by atoms with E-state index in [1.165, 1.54) is 4.90 Å². The molecule has 24 heavy (non-hydrogen) atoms. The highest BCUT2D eigenvalue weighted by molar-refractivity contribution is 5.87. The Morgan fingerprint density at radius 1 is 1.38 bits per heavy atom. The minimum atomic E-state index is -0.988. The van der Waals surface area contributed by atoms with Crippen LogP contribution < -0.4 is 5.32 Å². The number of carbonyl (C=O) groups excluding carboxylic acids is 2. The first-order valence-electron chi connectivity index (χ1n) is 8.27. The highest BCUT2D eigenvalue weighted by Crippen LogP contribution is 2.24. The summed E-state index contributed by atoms with van der Waals surface area (Å²) in [6.45, 7) is 2.72. The van der Waals surface area contributed by atoms with Gasteiger partial charge in [0.15, 0.2) is 0 Å². The van der Waals surface area contributed by atoms with Crippen molar-refractivity contribution in [3.05, 3.63) is 35.6 Å². The van der Waals surface area contributed by atoms with Crippen LogP contribution in [0.4, 0.5) is 0 Å². The second-order valence-corrected chi connectivity index (χ2v) is 6.19. The lowest BCUT2D eigenvalue weighted by molar-refractivity contribution is -0.142. The molecule has 128 valence electrons. The maximum atomic E-state index is 12.1. The zero-order valence-corrected chi connectivity index (χ0v) is 13.7. The van der Waals surface area contributed by atoms with Crippen LogP contribution in [0, 0.1) is 6.92 Å². The van der Waals surface area contributed by atoms with Crippen LogP contribution in [0.3, 0.4) is 0 Å². The standard InChI is InChI=1S/C18H22N2O4/c1-12-13-6-2-3-8-15(13)24-16(12)10-19-17(22)11-20-9-5-4-7-14(21)18(20)23/h2-3,6,8,14,21H,4-5,7,9-11H2,1H3,(H,19,22). The first-order valence-corrected chi connectivity index (χ1v) is 8.27. The third-order valence-corrected chi connectivity index (χ3v) is 4.48. The number of aliphatic hydroxyl groups excluding tert-OH is 1. The van der Waals surface area contributed by atoms with Crippen molar-refractivity contribution >= 4 is 22.8 Å². The number of para-hydroxylation sites is 1. The lowest BCUT2D eigenvalue weighted by Crippen LogP contribution is -2.44. The summed E-state index contributed by atoms with van der Waals surface area (Å²) in [7, 11) is 0. The fraction of sp³-hybridized carbons (Fsp3) is 0.444. The monoisotopic (exact) mass is 330 g/mol. The summed E-state index contributed by atoms with van der Waals surface area (Å²) in [6.07, 6.45) is 1.08. The zero-order valence-electron chi connectivity index (χ0n) is 13.7. The molecule has 0 saturated carbocycles. The summed E-state index contributed by atoms with van der Waals surface area (Å²) in [6, 6.07) is 7.73. The van der Waals surface area contributed by atoms with E-state index in [9.17, 15) is 14.7 Å². The van der Waals surface area contributed by atoms with Crippen molar-refractivity contribution in [3.8, 4) is 0 Å². The number of hydrogen-bond acceptors (Lipinski definition) is 4. The van der Waals surface area contributed by atoms with Crippen LogP contribution in [-0.4, -0.2) is 41.0 Å². The van der Waals surface area contributed by atoms with Crippen molar-refractivity contribution < 1.29 is 19.1 Å². The number of aliphatic hydroxyl groups is 1. The molecule has 1 saturated heterocycles. The average Bonchev–Trinajstić information content (AvgIpc) is 2.82. The van der Waals surface area contributed by atoms with Crippen LogP contribution in [0.25, 0.3) is 11.0 Å². The van der Waals surface area contributed by atoms with E-state index in [1.54, 1.807) is 0 Å². The van der Waals surface area contributed by atoms with Gasteiger partial charge in [-0.1, -0.05) is 18.2 Å². The van der Waals surface area contributed by atoms with Crippen molar-refractivity contribution in [1.29, 1.82) is 0 Å². The maximum Gasteiger partial charge on any atom is 0.251 e. The first-order chi connectivity index (χ1) is 11.6. The van der Waals surface area contributed by atoms with Crippen molar-refractivity contribution in [2.75, 3.05) is 13.1 Å². The maximum absolute atomic E-state index is 12.1. The van der Waals surface area contributed by atoms with E-state index >= 15 is 0 Å². The van der Waals surface area contributed by atoms with Gasteiger partial charge in [-0.2, -0.15) is 0 Å². The number of fused-ring (bicyclic) bond motifs is 1. The first kappa shape index (κ1) is 16.5. The van der Waals surface area contributed by atoms with E-state index in [-0.39, 0.29) is 24.9 Å². The number of amides is 2. The summed E-state index contributed by atoms with van der Waals surface area (Å²) in [5, 5.41) is 13.6. The van der Waals surface area contributed by atoms with E-state index in [2.05, 4.69) is 5.32 Å². The second-order valence-electron chi connectivity index (χ2n) is 6.19. The molecular weight excluding hydrogens is 308 g/mol. The normalized spacial score (nSPS) is 18.7. The van der Waals surface area contributed by atoms with Gasteiger partial charge in [0.25, 0.3) is 5.91 Å². The molecule has 2 amide bonds. The number of likely N-dealkylation sites (tertiary alicyclic amines) is 1. The van der Waals surface area contributed by atoms with E-state index < -0.39 is 6.10 Å². The third kappa shape index (κ3) is 3.43. The Hall–Kier alpha value is -2.34. The molecule has 0 radical (unpaired) electrons. The Morgan fingerprint density at radius 3 is 2.96 bits per heavy atom. The topological polar surface area (TPSA) is 82.8 Å². The Bertz CT molecular complexity index is 753. The smallest absolute Gasteiger partial charge is 0.251 e. The molecule has 2 N–H and O–H groups in total. The Morgan fingerprint density at radius 2 is 2.17 bits per heavy atom. The number of hydrogen-bond donors (Lipinski definition) is 2. The Labute approximate surface area is 140 Å². The lowest BCUT2D eigenvalue weighted by Gasteiger charge is -2.21. The Balaban J connectivity index is 1.60. The number of nitrogens with zero attached hydrogens (tertiary/aromatic N) is 1. The molecule has 1 unspecified atom stereocenters. The van der Waals surface area contributed by atoms with Gasteiger partial charge >= 0.3 is 0 Å². The summed E-state index contributed by atoms with van der Waals surface area (Å²) in [4.78, 5) is 25.6. The number of rotatable bonds is 4. The molecule has 0 spiro atoms. The molecule has 1 atom stereocenters. The van der Waals surface area contributed by atoms with E-state index in [0.717, 1.165) is 29.4 Å². The molecule has 2 heterocycles. The fourth-order valence-corrected chi connectivity index (χ4v) is 3.04. The predicted octanol–water partition coefficient (Wildman–Crippen LogP) is 1.73. The van der Waals surface area contributed by atoms with Gasteiger partial charge in [-0.15, -0.1) is 0 Å². The minimum Gasteiger partial charge on any atom is -0.459 e. The highest BCUT2D eigenvalue weighted by Gasteiger charge is 2.26. The van der Waals surface area contributed by atoms with Crippen LogP contribution in [0.2, 0.25) is 0 Å². The van der Waals surface area contributed by atoms with Crippen LogP contribution in [-0.2, 0) is 16.1 Å². The number of furan rings is 1. The molecule has 1 aliphatic rings. The SMILES string of the molecule is Cc1c(CNC(=O)CN2CCCCC(O)C2=O)oc2ccccc12. The summed E-state index contributed by atoms with van der Waals surface area (Å²) < 4.78 is 5.76. The van der Waals surface area contributed by atoms with Gasteiger partial charge in [-0.05, 0) is 32.3 Å². The zero-order chi connectivity index (χ0) is 17.1. The number of carbonyl (C=O) groups is 2. The quantitative estimate of drug-likeness (QED) is 0.894. The summed E-state index contributed by atoms with van der Waals surface area (Å²) >= 11 is 0. The van der Waals surface area contributed by atoms with Gasteiger partial charge in [0.2, 0.25) is 5.91 Å². The fourth-order valence-electron chi connectivity index (χ4n) is 3.04. The molecule has 1 aliphatic heterocycles. The van der Waals surface area contributed by atoms with E-state index in [4.69, 9.17) is 4.42 Å². The van der Waals surface area contributed by atoms with Crippen LogP contribution in [0.5, 0.6) is 0 Å². The van der Waals surface area contributed by atoms with Gasteiger partial charge < -0.3 is 19.7 Å². The molecule has 2 aromatic rings. The van der Waals surface area contributed by atoms with Gasteiger partial charge in [0.1, 0.15) is 17.4 Å². The largest absolute Gasteiger partial charge is 0.459 e.